The predicted molar refractivity (Wildman–Crippen MR) is 95.3 cm³/mol. The summed E-state index contributed by atoms with van der Waals surface area (Å²) in [6.07, 6.45) is 1.51. The highest BCUT2D eigenvalue weighted by Crippen LogP contribution is 2.31. The van der Waals surface area contributed by atoms with Gasteiger partial charge in [0.2, 0.25) is 0 Å². The quantitative estimate of drug-likeness (QED) is 0.628. The van der Waals surface area contributed by atoms with Gasteiger partial charge in [0.05, 0.1) is 17.3 Å². The van der Waals surface area contributed by atoms with Crippen LogP contribution in [-0.4, -0.2) is 15.0 Å². The number of sulfonamides is 1. The Labute approximate surface area is 148 Å². The fraction of sp³-hybridized carbons (Fsp3) is 0.0667. The zero-order chi connectivity index (χ0) is 16.3. The van der Waals surface area contributed by atoms with Gasteiger partial charge in [-0.1, -0.05) is 45.2 Å². The van der Waals surface area contributed by atoms with E-state index in [1.54, 1.807) is 30.3 Å². The average Bonchev–Trinajstić information content (AvgIpc) is 2.48. The summed E-state index contributed by atoms with van der Waals surface area (Å²) in [5, 5.41) is 0.424. The maximum atomic E-state index is 12.9. The van der Waals surface area contributed by atoms with E-state index in [9.17, 15) is 8.42 Å². The minimum Gasteiger partial charge on any atom is -0.262 e. The molecule has 0 bridgehead atoms. The molecule has 0 saturated heterocycles. The molecule has 0 saturated carbocycles. The third-order valence-electron chi connectivity index (χ3n) is 2.87. The molecule has 0 unspecified atom stereocenters. The lowest BCUT2D eigenvalue weighted by atomic mass is 10.3. The molecule has 0 radical (unpaired) electrons. The van der Waals surface area contributed by atoms with Crippen molar-refractivity contribution in [3.05, 3.63) is 69.6 Å². The van der Waals surface area contributed by atoms with Crippen molar-refractivity contribution >= 4 is 54.8 Å². The number of benzene rings is 2. The van der Waals surface area contributed by atoms with Crippen molar-refractivity contribution in [3.8, 4) is 0 Å². The first-order chi connectivity index (χ1) is 10.4. The minimum atomic E-state index is -3.85. The summed E-state index contributed by atoms with van der Waals surface area (Å²) in [4.78, 5) is -0.0357. The molecule has 0 N–H and O–H groups in total. The summed E-state index contributed by atoms with van der Waals surface area (Å²) in [6.45, 7) is 3.73. The van der Waals surface area contributed by atoms with E-state index >= 15 is 0 Å². The van der Waals surface area contributed by atoms with Crippen LogP contribution in [-0.2, 0) is 10.0 Å². The third-order valence-corrected chi connectivity index (χ3v) is 5.91. The van der Waals surface area contributed by atoms with Crippen LogP contribution in [0.25, 0.3) is 0 Å². The van der Waals surface area contributed by atoms with Crippen molar-refractivity contribution in [1.29, 1.82) is 0 Å². The van der Waals surface area contributed by atoms with Crippen molar-refractivity contribution in [3.63, 3.8) is 0 Å². The Morgan fingerprint density at radius 3 is 2.36 bits per heavy atom. The molecular formula is C15H12BrCl2NO2S. The number of halogens is 3. The Kier molecular flexibility index (Phi) is 5.55. The Morgan fingerprint density at radius 2 is 1.77 bits per heavy atom. The van der Waals surface area contributed by atoms with E-state index in [0.717, 1.165) is 4.47 Å². The molecule has 0 spiro atoms. The van der Waals surface area contributed by atoms with Crippen LogP contribution in [0.4, 0.5) is 5.69 Å². The molecule has 0 atom stereocenters. The summed E-state index contributed by atoms with van der Waals surface area (Å²) >= 11 is 15.3. The van der Waals surface area contributed by atoms with Gasteiger partial charge < -0.3 is 0 Å². The van der Waals surface area contributed by atoms with Gasteiger partial charge in [-0.2, -0.15) is 0 Å². The molecule has 0 amide bonds. The lowest BCUT2D eigenvalue weighted by molar-refractivity contribution is 0.593. The Morgan fingerprint density at radius 1 is 1.14 bits per heavy atom. The maximum absolute atomic E-state index is 12.9. The summed E-state index contributed by atoms with van der Waals surface area (Å²) in [5.41, 5.74) is 0.513. The van der Waals surface area contributed by atoms with Crippen LogP contribution in [0.1, 0.15) is 0 Å². The first-order valence-electron chi connectivity index (χ1n) is 6.20. The van der Waals surface area contributed by atoms with E-state index in [2.05, 4.69) is 22.5 Å². The molecule has 116 valence electrons. The van der Waals surface area contributed by atoms with E-state index in [-0.39, 0.29) is 16.5 Å². The first-order valence-corrected chi connectivity index (χ1v) is 9.19. The molecule has 0 aromatic heterocycles. The normalized spacial score (nSPS) is 11.2. The van der Waals surface area contributed by atoms with Crippen LogP contribution in [0.5, 0.6) is 0 Å². The second kappa shape index (κ2) is 7.04. The molecule has 0 aliphatic carbocycles. The molecular weight excluding hydrogens is 409 g/mol. The van der Waals surface area contributed by atoms with E-state index in [1.165, 1.54) is 22.5 Å². The van der Waals surface area contributed by atoms with E-state index in [0.29, 0.717) is 10.7 Å². The van der Waals surface area contributed by atoms with Crippen LogP contribution < -0.4 is 4.31 Å². The average molecular weight is 421 g/mol. The molecule has 7 heteroatoms. The van der Waals surface area contributed by atoms with Gasteiger partial charge in [-0.05, 0) is 42.5 Å². The second-order valence-electron chi connectivity index (χ2n) is 4.38. The Balaban J connectivity index is 2.57. The van der Waals surface area contributed by atoms with Gasteiger partial charge in [0.1, 0.15) is 4.90 Å². The topological polar surface area (TPSA) is 37.4 Å². The zero-order valence-corrected chi connectivity index (χ0v) is 15.3. The number of nitrogens with zero attached hydrogens (tertiary/aromatic N) is 1. The smallest absolute Gasteiger partial charge is 0.262 e. The van der Waals surface area contributed by atoms with Crippen molar-refractivity contribution in [2.75, 3.05) is 10.8 Å². The fourth-order valence-electron chi connectivity index (χ4n) is 1.86. The highest BCUT2D eigenvalue weighted by Gasteiger charge is 2.26. The van der Waals surface area contributed by atoms with Crippen molar-refractivity contribution in [2.24, 2.45) is 0 Å². The molecule has 2 aromatic carbocycles. The monoisotopic (exact) mass is 419 g/mol. The van der Waals surface area contributed by atoms with Crippen LogP contribution in [0.2, 0.25) is 10.0 Å². The molecule has 22 heavy (non-hydrogen) atoms. The number of rotatable bonds is 5. The summed E-state index contributed by atoms with van der Waals surface area (Å²) in [6, 6.07) is 11.3. The van der Waals surface area contributed by atoms with E-state index in [4.69, 9.17) is 23.2 Å². The van der Waals surface area contributed by atoms with Gasteiger partial charge in [0.25, 0.3) is 10.0 Å². The summed E-state index contributed by atoms with van der Waals surface area (Å²) in [7, 11) is -3.85. The maximum Gasteiger partial charge on any atom is 0.266 e. The van der Waals surface area contributed by atoms with Gasteiger partial charge in [-0.3, -0.25) is 4.31 Å². The molecule has 2 rings (SSSR count). The summed E-state index contributed by atoms with van der Waals surface area (Å²) in [5.74, 6) is 0. The van der Waals surface area contributed by atoms with Gasteiger partial charge in [-0.25, -0.2) is 8.42 Å². The van der Waals surface area contributed by atoms with Crippen LogP contribution in [0.3, 0.4) is 0 Å². The number of anilines is 1. The zero-order valence-electron chi connectivity index (χ0n) is 11.3. The van der Waals surface area contributed by atoms with Crippen molar-refractivity contribution in [1.82, 2.24) is 0 Å². The number of hydrogen-bond acceptors (Lipinski definition) is 2. The van der Waals surface area contributed by atoms with Crippen molar-refractivity contribution in [2.45, 2.75) is 4.90 Å². The van der Waals surface area contributed by atoms with E-state index in [1.807, 2.05) is 0 Å². The summed E-state index contributed by atoms with van der Waals surface area (Å²) < 4.78 is 27.9. The van der Waals surface area contributed by atoms with Crippen molar-refractivity contribution < 1.29 is 8.42 Å². The molecule has 0 aliphatic rings. The molecule has 0 fully saturated rings. The third kappa shape index (κ3) is 3.66. The molecule has 0 heterocycles. The van der Waals surface area contributed by atoms with Crippen LogP contribution in [0, 0.1) is 0 Å². The van der Waals surface area contributed by atoms with Gasteiger partial charge >= 0.3 is 0 Å². The largest absolute Gasteiger partial charge is 0.266 e. The van der Waals surface area contributed by atoms with Gasteiger partial charge in [0, 0.05) is 9.50 Å². The van der Waals surface area contributed by atoms with Crippen LogP contribution >= 0.6 is 39.1 Å². The highest BCUT2D eigenvalue weighted by atomic mass is 79.9. The highest BCUT2D eigenvalue weighted by molar-refractivity contribution is 9.10. The van der Waals surface area contributed by atoms with Gasteiger partial charge in [-0.15, -0.1) is 6.58 Å². The Bertz CT molecular complexity index is 792. The van der Waals surface area contributed by atoms with Gasteiger partial charge in [0.15, 0.2) is 0 Å². The molecule has 3 nitrogen and oxygen atoms in total. The predicted octanol–water partition coefficient (Wildman–Crippen LogP) is 5.14. The van der Waals surface area contributed by atoms with Crippen LogP contribution in [0.15, 0.2) is 64.5 Å². The lowest BCUT2D eigenvalue weighted by Gasteiger charge is -2.23. The van der Waals surface area contributed by atoms with E-state index < -0.39 is 10.0 Å². The first kappa shape index (κ1) is 17.3. The minimum absolute atomic E-state index is 0.0357. The SMILES string of the molecule is C=CCN(c1ccc(Br)cc1)S(=O)(=O)c1cc(Cl)ccc1Cl. The molecule has 0 aliphatic heterocycles. The Hall–Kier alpha value is -1.01. The lowest BCUT2D eigenvalue weighted by Crippen LogP contribution is -2.31. The fourth-order valence-corrected chi connectivity index (χ4v) is 4.30. The second-order valence-corrected chi connectivity index (χ2v) is 7.97. The molecule has 2 aromatic rings. The standard InChI is InChI=1S/C15H12BrCl2NO2S/c1-2-9-19(13-6-3-11(16)4-7-13)22(20,21)15-10-12(17)5-8-14(15)18/h2-8,10H,1,9H2. The number of hydrogen-bond donors (Lipinski definition) is 0.